The van der Waals surface area contributed by atoms with Crippen LogP contribution in [0.3, 0.4) is 0 Å². The normalized spacial score (nSPS) is 21.5. The van der Waals surface area contributed by atoms with E-state index in [1.807, 2.05) is 0 Å². The molecule has 0 saturated carbocycles. The molecule has 1 aliphatic heterocycles. The minimum Gasteiger partial charge on any atom is -0.459 e. The van der Waals surface area contributed by atoms with Gasteiger partial charge in [0.25, 0.3) is 0 Å². The Balaban J connectivity index is 2.21. The third-order valence-electron chi connectivity index (χ3n) is 1.23. The van der Waals surface area contributed by atoms with E-state index in [0.29, 0.717) is 0 Å². The highest BCUT2D eigenvalue weighted by Gasteiger charge is 2.36. The Morgan fingerprint density at radius 2 is 2.55 bits per heavy atom. The van der Waals surface area contributed by atoms with Gasteiger partial charge in [-0.2, -0.15) is 0 Å². The number of ether oxygens (including phenoxy) is 2. The molecule has 1 fully saturated rings. The van der Waals surface area contributed by atoms with Crippen LogP contribution in [0.2, 0.25) is 0 Å². The van der Waals surface area contributed by atoms with Gasteiger partial charge in [-0.05, 0) is 0 Å². The largest absolute Gasteiger partial charge is 0.459 e. The zero-order valence-corrected chi connectivity index (χ0v) is 5.91. The second-order valence-electron chi connectivity index (χ2n) is 2.10. The van der Waals surface area contributed by atoms with Gasteiger partial charge < -0.3 is 9.47 Å². The first-order chi connectivity index (χ1) is 5.24. The molecule has 4 heteroatoms. The lowest BCUT2D eigenvalue weighted by molar-refractivity contribution is -0.184. The van der Waals surface area contributed by atoms with E-state index in [4.69, 9.17) is 0 Å². The molecule has 1 unspecified atom stereocenters. The zero-order valence-electron chi connectivity index (χ0n) is 5.91. The van der Waals surface area contributed by atoms with Gasteiger partial charge in [-0.15, -0.1) is 0 Å². The molecule has 0 N–H and O–H groups in total. The summed E-state index contributed by atoms with van der Waals surface area (Å²) >= 11 is 0. The van der Waals surface area contributed by atoms with Gasteiger partial charge in [-0.1, -0.05) is 12.7 Å². The van der Waals surface area contributed by atoms with E-state index >= 15 is 0 Å². The summed E-state index contributed by atoms with van der Waals surface area (Å²) < 4.78 is 9.06. The fourth-order valence-electron chi connectivity index (χ4n) is 0.666. The van der Waals surface area contributed by atoms with Gasteiger partial charge in [0.1, 0.15) is 6.61 Å². The number of esters is 2. The van der Waals surface area contributed by atoms with Crippen molar-refractivity contribution in [1.29, 1.82) is 0 Å². The van der Waals surface area contributed by atoms with Crippen molar-refractivity contribution in [1.82, 2.24) is 0 Å². The summed E-state index contributed by atoms with van der Waals surface area (Å²) in [5, 5.41) is 0. The molecule has 0 aliphatic carbocycles. The van der Waals surface area contributed by atoms with Crippen LogP contribution in [0.4, 0.5) is 0 Å². The highest BCUT2D eigenvalue weighted by atomic mass is 16.6. The molecule has 0 radical (unpaired) electrons. The van der Waals surface area contributed by atoms with Crippen LogP contribution in [0, 0.1) is 0 Å². The molecule has 0 amide bonds. The maximum absolute atomic E-state index is 10.8. The third-order valence-corrected chi connectivity index (χ3v) is 1.23. The van der Waals surface area contributed by atoms with E-state index in [1.54, 1.807) is 0 Å². The van der Waals surface area contributed by atoms with E-state index < -0.39 is 12.1 Å². The summed E-state index contributed by atoms with van der Waals surface area (Å²) in [6.07, 6.45) is 0.913. The van der Waals surface area contributed by atoms with Crippen LogP contribution in [0.1, 0.15) is 6.42 Å². The average Bonchev–Trinajstić information content (AvgIpc) is 1.94. The molecular weight excluding hydrogens is 148 g/mol. The molecule has 0 aromatic carbocycles. The Labute approximate surface area is 63.8 Å². The summed E-state index contributed by atoms with van der Waals surface area (Å²) in [5.74, 6) is -0.852. The second kappa shape index (κ2) is 3.18. The average molecular weight is 156 g/mol. The monoisotopic (exact) mass is 156 g/mol. The van der Waals surface area contributed by atoms with Crippen molar-refractivity contribution in [3.63, 3.8) is 0 Å². The van der Waals surface area contributed by atoms with Crippen molar-refractivity contribution in [2.24, 2.45) is 0 Å². The lowest BCUT2D eigenvalue weighted by atomic mass is 10.2. The van der Waals surface area contributed by atoms with Gasteiger partial charge in [-0.25, -0.2) is 4.79 Å². The number of hydrogen-bond acceptors (Lipinski definition) is 4. The summed E-state index contributed by atoms with van der Waals surface area (Å²) in [6.45, 7) is 3.53. The number of cyclic esters (lactones) is 1. The second-order valence-corrected chi connectivity index (χ2v) is 2.10. The molecule has 11 heavy (non-hydrogen) atoms. The molecule has 60 valence electrons. The minimum atomic E-state index is -0.678. The Morgan fingerprint density at radius 1 is 1.91 bits per heavy atom. The van der Waals surface area contributed by atoms with Crippen molar-refractivity contribution >= 4 is 11.9 Å². The summed E-state index contributed by atoms with van der Waals surface area (Å²) in [5.41, 5.74) is 0. The molecule has 1 aliphatic rings. The number of carbonyl (C=O) groups is 2. The zero-order chi connectivity index (χ0) is 8.27. The van der Waals surface area contributed by atoms with Gasteiger partial charge in [0.2, 0.25) is 6.10 Å². The van der Waals surface area contributed by atoms with Crippen LogP contribution in [0.25, 0.3) is 0 Å². The van der Waals surface area contributed by atoms with Gasteiger partial charge in [0.05, 0.1) is 6.42 Å². The van der Waals surface area contributed by atoms with E-state index in [2.05, 4.69) is 16.1 Å². The maximum Gasteiger partial charge on any atom is 0.348 e. The highest BCUT2D eigenvalue weighted by Crippen LogP contribution is 2.14. The summed E-state index contributed by atoms with van der Waals surface area (Å²) in [6, 6.07) is 0. The minimum absolute atomic E-state index is 0.135. The maximum atomic E-state index is 10.8. The topological polar surface area (TPSA) is 52.6 Å². The van der Waals surface area contributed by atoms with Gasteiger partial charge in [-0.3, -0.25) is 4.79 Å². The van der Waals surface area contributed by atoms with E-state index in [0.717, 1.165) is 0 Å². The number of hydrogen-bond donors (Lipinski definition) is 0. The fraction of sp³-hybridized carbons (Fsp3) is 0.429. The van der Waals surface area contributed by atoms with Crippen LogP contribution in [-0.4, -0.2) is 24.6 Å². The number of carbonyl (C=O) groups excluding carboxylic acids is 2. The SMILES string of the molecule is C=CCOC(=O)C1CC(=O)O1. The first kappa shape index (κ1) is 7.78. The van der Waals surface area contributed by atoms with Crippen molar-refractivity contribution < 1.29 is 19.1 Å². The van der Waals surface area contributed by atoms with E-state index in [-0.39, 0.29) is 19.0 Å². The molecule has 0 spiro atoms. The van der Waals surface area contributed by atoms with Crippen LogP contribution in [0.15, 0.2) is 12.7 Å². The first-order valence-electron chi connectivity index (χ1n) is 3.21. The molecular formula is C7H8O4. The molecule has 1 rings (SSSR count). The molecule has 0 aromatic heterocycles. The highest BCUT2D eigenvalue weighted by molar-refractivity contribution is 5.89. The standard InChI is InChI=1S/C7H8O4/c1-2-3-10-7(9)5-4-6(8)11-5/h2,5H,1,3-4H2. The molecule has 4 nitrogen and oxygen atoms in total. The van der Waals surface area contributed by atoms with Crippen molar-refractivity contribution in [3.8, 4) is 0 Å². The predicted octanol–water partition coefficient (Wildman–Crippen LogP) is 0.0311. The van der Waals surface area contributed by atoms with E-state index in [9.17, 15) is 9.59 Å². The fourth-order valence-corrected chi connectivity index (χ4v) is 0.666. The smallest absolute Gasteiger partial charge is 0.348 e. The van der Waals surface area contributed by atoms with Crippen molar-refractivity contribution in [2.45, 2.75) is 12.5 Å². The lowest BCUT2D eigenvalue weighted by Crippen LogP contribution is -2.40. The van der Waals surface area contributed by atoms with Crippen LogP contribution >= 0.6 is 0 Å². The molecule has 0 aromatic rings. The summed E-state index contributed by atoms with van der Waals surface area (Å²) in [4.78, 5) is 21.0. The lowest BCUT2D eigenvalue weighted by Gasteiger charge is -2.22. The van der Waals surface area contributed by atoms with E-state index in [1.165, 1.54) is 6.08 Å². The number of rotatable bonds is 3. The molecule has 0 bridgehead atoms. The Kier molecular flexibility index (Phi) is 2.25. The Morgan fingerprint density at radius 3 is 3.00 bits per heavy atom. The Hall–Kier alpha value is -1.32. The van der Waals surface area contributed by atoms with Crippen molar-refractivity contribution in [3.05, 3.63) is 12.7 Å². The molecule has 1 saturated heterocycles. The van der Waals surface area contributed by atoms with Gasteiger partial charge in [0, 0.05) is 0 Å². The third kappa shape index (κ3) is 1.80. The van der Waals surface area contributed by atoms with Gasteiger partial charge >= 0.3 is 11.9 Å². The van der Waals surface area contributed by atoms with Crippen LogP contribution in [-0.2, 0) is 19.1 Å². The van der Waals surface area contributed by atoms with Crippen LogP contribution < -0.4 is 0 Å². The summed E-state index contributed by atoms with van der Waals surface area (Å²) in [7, 11) is 0. The predicted molar refractivity (Wildman–Crippen MR) is 35.7 cm³/mol. The van der Waals surface area contributed by atoms with Gasteiger partial charge in [0.15, 0.2) is 0 Å². The van der Waals surface area contributed by atoms with Crippen molar-refractivity contribution in [2.75, 3.05) is 6.61 Å². The quantitative estimate of drug-likeness (QED) is 0.427. The first-order valence-corrected chi connectivity index (χ1v) is 3.21. The molecule has 1 heterocycles. The molecule has 1 atom stereocenters. The van der Waals surface area contributed by atoms with Crippen LogP contribution in [0.5, 0.6) is 0 Å². The Bertz CT molecular complexity index is 189.